The first-order valence-corrected chi connectivity index (χ1v) is 7.95. The summed E-state index contributed by atoms with van der Waals surface area (Å²) in [4.78, 5) is 0. The third kappa shape index (κ3) is 8.89. The number of rotatable bonds is 8. The zero-order valence-electron chi connectivity index (χ0n) is 13.4. The second-order valence-electron chi connectivity index (χ2n) is 5.22. The van der Waals surface area contributed by atoms with E-state index in [9.17, 15) is 0 Å². The van der Waals surface area contributed by atoms with Crippen molar-refractivity contribution >= 4 is 11.4 Å². The van der Waals surface area contributed by atoms with Crippen molar-refractivity contribution in [3.63, 3.8) is 0 Å². The molecule has 2 rings (SSSR count). The molecule has 0 saturated heterocycles. The molecule has 2 aromatic rings. The summed E-state index contributed by atoms with van der Waals surface area (Å²) in [7, 11) is 0. The molecule has 0 saturated carbocycles. The minimum atomic E-state index is 0.676. The number of ether oxygens (including phenoxy) is 1. The Labute approximate surface area is 133 Å². The van der Waals surface area contributed by atoms with Gasteiger partial charge in [-0.2, -0.15) is 5.10 Å². The van der Waals surface area contributed by atoms with Crippen LogP contribution in [0.2, 0.25) is 0 Å². The van der Waals surface area contributed by atoms with E-state index in [2.05, 4.69) is 17.1 Å². The second kappa shape index (κ2) is 11.5. The lowest BCUT2D eigenvalue weighted by Gasteiger charge is -2.06. The molecular formula is C17H28N4O. The molecular weight excluding hydrogens is 276 g/mol. The van der Waals surface area contributed by atoms with Gasteiger partial charge in [-0.3, -0.25) is 5.10 Å². The molecule has 5 nitrogen and oxygen atoms in total. The van der Waals surface area contributed by atoms with Crippen molar-refractivity contribution in [3.05, 3.63) is 36.7 Å². The zero-order chi connectivity index (χ0) is 16.0. The second-order valence-corrected chi connectivity index (χ2v) is 5.22. The number of nitrogens with one attached hydrogen (secondary N) is 1. The summed E-state index contributed by atoms with van der Waals surface area (Å²) in [5.41, 5.74) is 12.2. The normalized spacial score (nSPS) is 9.86. The van der Waals surface area contributed by atoms with Gasteiger partial charge in [-0.1, -0.05) is 39.0 Å². The first-order valence-electron chi connectivity index (χ1n) is 7.95. The third-order valence-corrected chi connectivity index (χ3v) is 3.17. The van der Waals surface area contributed by atoms with Gasteiger partial charge in [0, 0.05) is 11.9 Å². The molecule has 0 bridgehead atoms. The van der Waals surface area contributed by atoms with Gasteiger partial charge in [0.25, 0.3) is 0 Å². The molecule has 0 aliphatic carbocycles. The van der Waals surface area contributed by atoms with Crippen LogP contribution in [-0.2, 0) is 0 Å². The van der Waals surface area contributed by atoms with Gasteiger partial charge in [0.2, 0.25) is 0 Å². The van der Waals surface area contributed by atoms with E-state index in [1.54, 1.807) is 12.4 Å². The summed E-state index contributed by atoms with van der Waals surface area (Å²) in [6.07, 6.45) is 11.0. The summed E-state index contributed by atoms with van der Waals surface area (Å²) < 4.78 is 5.61. The Hall–Kier alpha value is -2.17. The molecule has 0 fully saturated rings. The Kier molecular flexibility index (Phi) is 9.33. The highest BCUT2D eigenvalue weighted by molar-refractivity contribution is 5.41. The Morgan fingerprint density at radius 2 is 1.64 bits per heavy atom. The lowest BCUT2D eigenvalue weighted by atomic mass is 10.1. The molecule has 5 N–H and O–H groups in total. The van der Waals surface area contributed by atoms with Crippen molar-refractivity contribution in [1.82, 2.24) is 10.2 Å². The number of anilines is 2. The summed E-state index contributed by atoms with van der Waals surface area (Å²) in [6, 6.07) is 7.59. The zero-order valence-corrected chi connectivity index (χ0v) is 13.4. The average Bonchev–Trinajstić information content (AvgIpc) is 3.00. The van der Waals surface area contributed by atoms with E-state index < -0.39 is 0 Å². The predicted octanol–water partition coefficient (Wildman–Crippen LogP) is 4.00. The molecule has 0 aliphatic rings. The fourth-order valence-electron chi connectivity index (χ4n) is 1.90. The number of nitrogens with zero attached hydrogens (tertiary/aromatic N) is 1. The van der Waals surface area contributed by atoms with Crippen LogP contribution in [0.5, 0.6) is 5.75 Å². The summed E-state index contributed by atoms with van der Waals surface area (Å²) in [5.74, 6) is 0.919. The van der Waals surface area contributed by atoms with Crippen LogP contribution in [0.3, 0.4) is 0 Å². The van der Waals surface area contributed by atoms with E-state index in [4.69, 9.17) is 16.2 Å². The van der Waals surface area contributed by atoms with Crippen molar-refractivity contribution in [2.75, 3.05) is 18.1 Å². The van der Waals surface area contributed by atoms with Crippen molar-refractivity contribution in [1.29, 1.82) is 0 Å². The Bertz CT molecular complexity index is 468. The standard InChI is InChI=1S/C14H23NO.C3H5N3/c1-2-3-4-5-6-7-12-16-14-10-8-13(15)9-11-14;4-3-1-5-6-2-3/h8-11H,2-7,12,15H2,1H3;1-2H,4H2,(H,5,6). The van der Waals surface area contributed by atoms with Crippen LogP contribution in [0.25, 0.3) is 0 Å². The maximum Gasteiger partial charge on any atom is 0.119 e. The SMILES string of the molecule is CCCCCCCCOc1ccc(N)cc1.Nc1cn[nH]c1. The summed E-state index contributed by atoms with van der Waals surface area (Å²) in [6.45, 7) is 3.06. The fourth-order valence-corrected chi connectivity index (χ4v) is 1.90. The van der Waals surface area contributed by atoms with Gasteiger partial charge >= 0.3 is 0 Å². The van der Waals surface area contributed by atoms with Gasteiger partial charge in [-0.05, 0) is 30.7 Å². The number of benzene rings is 1. The molecule has 1 heterocycles. The number of nitrogens with two attached hydrogens (primary N) is 2. The maximum absolute atomic E-state index is 5.61. The van der Waals surface area contributed by atoms with E-state index >= 15 is 0 Å². The molecule has 1 aromatic heterocycles. The quantitative estimate of drug-likeness (QED) is 0.508. The largest absolute Gasteiger partial charge is 0.494 e. The Balaban J connectivity index is 0.000000335. The number of unbranched alkanes of at least 4 members (excludes halogenated alkanes) is 5. The van der Waals surface area contributed by atoms with Crippen molar-refractivity contribution in [2.45, 2.75) is 45.4 Å². The highest BCUT2D eigenvalue weighted by Gasteiger charge is 1.94. The first kappa shape index (κ1) is 17.9. The number of aromatic amines is 1. The van der Waals surface area contributed by atoms with E-state index in [0.29, 0.717) is 5.69 Å². The molecule has 0 spiro atoms. The van der Waals surface area contributed by atoms with Gasteiger partial charge in [-0.25, -0.2) is 0 Å². The van der Waals surface area contributed by atoms with Crippen LogP contribution in [0.1, 0.15) is 45.4 Å². The molecule has 122 valence electrons. The Morgan fingerprint density at radius 3 is 2.18 bits per heavy atom. The van der Waals surface area contributed by atoms with Gasteiger partial charge in [0.1, 0.15) is 5.75 Å². The van der Waals surface area contributed by atoms with Crippen molar-refractivity contribution < 1.29 is 4.74 Å². The topological polar surface area (TPSA) is 89.9 Å². The number of hydrogen-bond donors (Lipinski definition) is 3. The minimum absolute atomic E-state index is 0.676. The lowest BCUT2D eigenvalue weighted by Crippen LogP contribution is -1.97. The third-order valence-electron chi connectivity index (χ3n) is 3.17. The van der Waals surface area contributed by atoms with E-state index in [-0.39, 0.29) is 0 Å². The van der Waals surface area contributed by atoms with Crippen LogP contribution < -0.4 is 16.2 Å². The maximum atomic E-state index is 5.61. The number of H-pyrrole nitrogens is 1. The molecule has 0 unspecified atom stereocenters. The smallest absolute Gasteiger partial charge is 0.119 e. The van der Waals surface area contributed by atoms with Gasteiger partial charge in [0.05, 0.1) is 18.5 Å². The van der Waals surface area contributed by atoms with Crippen molar-refractivity contribution in [3.8, 4) is 5.75 Å². The van der Waals surface area contributed by atoms with Crippen LogP contribution in [-0.4, -0.2) is 16.8 Å². The summed E-state index contributed by atoms with van der Waals surface area (Å²) in [5, 5.41) is 6.13. The lowest BCUT2D eigenvalue weighted by molar-refractivity contribution is 0.304. The van der Waals surface area contributed by atoms with E-state index in [1.807, 2.05) is 24.3 Å². The van der Waals surface area contributed by atoms with Crippen LogP contribution >= 0.6 is 0 Å². The molecule has 0 amide bonds. The number of aromatic nitrogens is 2. The number of nitrogen functional groups attached to an aromatic ring is 2. The van der Waals surface area contributed by atoms with Crippen molar-refractivity contribution in [2.24, 2.45) is 0 Å². The monoisotopic (exact) mass is 304 g/mol. The fraction of sp³-hybridized carbons (Fsp3) is 0.471. The van der Waals surface area contributed by atoms with Gasteiger partial charge < -0.3 is 16.2 Å². The molecule has 0 radical (unpaired) electrons. The highest BCUT2D eigenvalue weighted by Crippen LogP contribution is 2.14. The van der Waals surface area contributed by atoms with Gasteiger partial charge in [-0.15, -0.1) is 0 Å². The summed E-state index contributed by atoms with van der Waals surface area (Å²) >= 11 is 0. The average molecular weight is 304 g/mol. The van der Waals surface area contributed by atoms with Gasteiger partial charge in [0.15, 0.2) is 0 Å². The first-order chi connectivity index (χ1) is 10.7. The molecule has 5 heteroatoms. The molecule has 1 aromatic carbocycles. The van der Waals surface area contributed by atoms with E-state index in [0.717, 1.165) is 24.5 Å². The molecule has 22 heavy (non-hydrogen) atoms. The molecule has 0 aliphatic heterocycles. The predicted molar refractivity (Wildman–Crippen MR) is 92.7 cm³/mol. The Morgan fingerprint density at radius 1 is 0.955 bits per heavy atom. The van der Waals surface area contributed by atoms with E-state index in [1.165, 1.54) is 32.1 Å². The highest BCUT2D eigenvalue weighted by atomic mass is 16.5. The van der Waals surface area contributed by atoms with Crippen LogP contribution in [0.4, 0.5) is 11.4 Å². The molecule has 0 atom stereocenters. The number of hydrogen-bond acceptors (Lipinski definition) is 4. The van der Waals surface area contributed by atoms with Crippen LogP contribution in [0.15, 0.2) is 36.7 Å². The minimum Gasteiger partial charge on any atom is -0.494 e. The van der Waals surface area contributed by atoms with Crippen LogP contribution in [0, 0.1) is 0 Å².